The van der Waals surface area contributed by atoms with Crippen molar-refractivity contribution in [1.82, 2.24) is 9.97 Å². The lowest BCUT2D eigenvalue weighted by Gasteiger charge is -2.22. The van der Waals surface area contributed by atoms with Gasteiger partial charge in [-0.25, -0.2) is 4.98 Å². The molecule has 3 rings (SSSR count). The average molecular weight is 391 g/mol. The molecule has 1 unspecified atom stereocenters. The normalized spacial score (nSPS) is 13.0. The Labute approximate surface area is 170 Å². The van der Waals surface area contributed by atoms with Gasteiger partial charge in [-0.05, 0) is 42.5 Å². The Morgan fingerprint density at radius 3 is 2.76 bits per heavy atom. The first-order chi connectivity index (χ1) is 14.0. The first-order valence-electron chi connectivity index (χ1n) is 9.64. The van der Waals surface area contributed by atoms with Crippen LogP contribution in [0.1, 0.15) is 30.7 Å². The second-order valence-electron chi connectivity index (χ2n) is 7.21. The number of nitrogens with one attached hydrogen (secondary N) is 1. The number of nitriles is 1. The maximum Gasteiger partial charge on any atom is 0.251 e. The molecule has 0 radical (unpaired) electrons. The first-order valence-corrected chi connectivity index (χ1v) is 9.64. The van der Waals surface area contributed by atoms with E-state index in [4.69, 9.17) is 9.47 Å². The number of pyridine rings is 2. The summed E-state index contributed by atoms with van der Waals surface area (Å²) in [6, 6.07) is 15.7. The molecular weight excluding hydrogens is 366 g/mol. The zero-order valence-corrected chi connectivity index (χ0v) is 17.0. The third-order valence-corrected chi connectivity index (χ3v) is 5.04. The Kier molecular flexibility index (Phi) is 6.30. The SMILES string of the molecule is CCc1cc2ccc(C(C)(C#N)Cc3cccc(OCCOC)n3)cc2[nH]c1=O. The molecule has 0 fully saturated rings. The Hall–Kier alpha value is -3.17. The topological polar surface area (TPSA) is 88.0 Å². The molecule has 0 aliphatic carbocycles. The molecule has 2 heterocycles. The van der Waals surface area contributed by atoms with Gasteiger partial charge in [0.25, 0.3) is 5.56 Å². The van der Waals surface area contributed by atoms with E-state index >= 15 is 0 Å². The number of ether oxygens (including phenoxy) is 2. The van der Waals surface area contributed by atoms with Gasteiger partial charge in [-0.1, -0.05) is 25.1 Å². The van der Waals surface area contributed by atoms with Crippen molar-refractivity contribution < 1.29 is 9.47 Å². The van der Waals surface area contributed by atoms with Crippen LogP contribution in [0.3, 0.4) is 0 Å². The number of aromatic nitrogens is 2. The van der Waals surface area contributed by atoms with Crippen LogP contribution in [0.25, 0.3) is 10.9 Å². The van der Waals surface area contributed by atoms with Crippen molar-refractivity contribution in [3.8, 4) is 11.9 Å². The number of methoxy groups -OCH3 is 1. The lowest BCUT2D eigenvalue weighted by Crippen LogP contribution is -2.24. The maximum atomic E-state index is 12.2. The smallest absolute Gasteiger partial charge is 0.251 e. The quantitative estimate of drug-likeness (QED) is 0.594. The molecule has 0 aliphatic heterocycles. The van der Waals surface area contributed by atoms with Crippen molar-refractivity contribution in [2.75, 3.05) is 20.3 Å². The third-order valence-electron chi connectivity index (χ3n) is 5.04. The van der Waals surface area contributed by atoms with Gasteiger partial charge >= 0.3 is 0 Å². The highest BCUT2D eigenvalue weighted by molar-refractivity contribution is 5.80. The zero-order valence-electron chi connectivity index (χ0n) is 17.0. The molecule has 1 atom stereocenters. The number of aromatic amines is 1. The van der Waals surface area contributed by atoms with Crippen LogP contribution >= 0.6 is 0 Å². The van der Waals surface area contributed by atoms with Crippen molar-refractivity contribution in [1.29, 1.82) is 5.26 Å². The van der Waals surface area contributed by atoms with Crippen LogP contribution < -0.4 is 10.3 Å². The van der Waals surface area contributed by atoms with Gasteiger partial charge in [0.1, 0.15) is 6.61 Å². The van der Waals surface area contributed by atoms with Gasteiger partial charge in [-0.3, -0.25) is 4.79 Å². The largest absolute Gasteiger partial charge is 0.475 e. The number of aryl methyl sites for hydroxylation is 1. The Bertz CT molecular complexity index is 1100. The number of fused-ring (bicyclic) bond motifs is 1. The Morgan fingerprint density at radius 2 is 2.03 bits per heavy atom. The molecule has 1 N–H and O–H groups in total. The molecular formula is C23H25N3O3. The van der Waals surface area contributed by atoms with Gasteiger partial charge in [0, 0.05) is 36.4 Å². The molecule has 3 aromatic rings. The van der Waals surface area contributed by atoms with E-state index in [0.29, 0.717) is 31.9 Å². The predicted octanol–water partition coefficient (Wildman–Crippen LogP) is 3.53. The monoisotopic (exact) mass is 391 g/mol. The van der Waals surface area contributed by atoms with E-state index in [9.17, 15) is 10.1 Å². The number of H-pyrrole nitrogens is 1. The fourth-order valence-corrected chi connectivity index (χ4v) is 3.29. The van der Waals surface area contributed by atoms with E-state index < -0.39 is 5.41 Å². The van der Waals surface area contributed by atoms with Crippen LogP contribution in [-0.2, 0) is 23.0 Å². The van der Waals surface area contributed by atoms with Gasteiger partial charge < -0.3 is 14.5 Å². The van der Waals surface area contributed by atoms with E-state index in [1.165, 1.54) is 0 Å². The van der Waals surface area contributed by atoms with Gasteiger partial charge in [0.15, 0.2) is 0 Å². The Balaban J connectivity index is 1.90. The molecule has 0 aliphatic rings. The average Bonchev–Trinajstić information content (AvgIpc) is 2.73. The standard InChI is InChI=1S/C23H25N3O3/c1-4-16-12-17-8-9-18(13-20(17)26-22(16)27)23(2,15-24)14-19-6-5-7-21(25-19)29-11-10-28-3/h5-9,12-13H,4,10-11,14H2,1-3H3,(H,26,27). The number of rotatable bonds is 8. The summed E-state index contributed by atoms with van der Waals surface area (Å²) in [5.74, 6) is 0.509. The summed E-state index contributed by atoms with van der Waals surface area (Å²) in [6.45, 7) is 4.74. The van der Waals surface area contributed by atoms with Crippen LogP contribution in [0, 0.1) is 11.3 Å². The van der Waals surface area contributed by atoms with Crippen molar-refractivity contribution in [3.63, 3.8) is 0 Å². The molecule has 0 spiro atoms. The van der Waals surface area contributed by atoms with E-state index in [-0.39, 0.29) is 5.56 Å². The molecule has 6 heteroatoms. The van der Waals surface area contributed by atoms with Gasteiger partial charge in [0.2, 0.25) is 5.88 Å². The van der Waals surface area contributed by atoms with Crippen molar-refractivity contribution in [2.45, 2.75) is 32.1 Å². The summed E-state index contributed by atoms with van der Waals surface area (Å²) in [4.78, 5) is 19.6. The second kappa shape index (κ2) is 8.89. The van der Waals surface area contributed by atoms with Crippen molar-refractivity contribution >= 4 is 10.9 Å². The minimum atomic E-state index is -0.799. The van der Waals surface area contributed by atoms with Crippen molar-refractivity contribution in [2.24, 2.45) is 0 Å². The van der Waals surface area contributed by atoms with Gasteiger partial charge in [-0.15, -0.1) is 0 Å². The fraction of sp³-hybridized carbons (Fsp3) is 0.348. The summed E-state index contributed by atoms with van der Waals surface area (Å²) in [5, 5.41) is 10.9. The summed E-state index contributed by atoms with van der Waals surface area (Å²) in [6.07, 6.45) is 1.10. The van der Waals surface area contributed by atoms with Crippen LogP contribution in [0.5, 0.6) is 5.88 Å². The molecule has 0 saturated carbocycles. The van der Waals surface area contributed by atoms with Gasteiger partial charge in [0.05, 0.1) is 18.1 Å². The van der Waals surface area contributed by atoms with Crippen LogP contribution in [0.4, 0.5) is 0 Å². The maximum absolute atomic E-state index is 12.2. The van der Waals surface area contributed by atoms with Crippen LogP contribution in [0.2, 0.25) is 0 Å². The summed E-state index contributed by atoms with van der Waals surface area (Å²) in [7, 11) is 1.62. The second-order valence-corrected chi connectivity index (χ2v) is 7.21. The lowest BCUT2D eigenvalue weighted by atomic mass is 9.79. The molecule has 2 aromatic heterocycles. The lowest BCUT2D eigenvalue weighted by molar-refractivity contribution is 0.143. The highest BCUT2D eigenvalue weighted by Gasteiger charge is 2.28. The van der Waals surface area contributed by atoms with Crippen LogP contribution in [0.15, 0.2) is 47.3 Å². The summed E-state index contributed by atoms with van der Waals surface area (Å²) < 4.78 is 10.6. The zero-order chi connectivity index (χ0) is 20.9. The fourth-order valence-electron chi connectivity index (χ4n) is 3.29. The number of hydrogen-bond donors (Lipinski definition) is 1. The molecule has 0 amide bonds. The number of nitrogens with zero attached hydrogens (tertiary/aromatic N) is 2. The minimum Gasteiger partial charge on any atom is -0.475 e. The molecule has 150 valence electrons. The highest BCUT2D eigenvalue weighted by atomic mass is 16.5. The first kappa shape index (κ1) is 20.6. The number of benzene rings is 1. The van der Waals surface area contributed by atoms with Crippen molar-refractivity contribution in [3.05, 3.63) is 69.6 Å². The molecule has 0 saturated heterocycles. The molecule has 29 heavy (non-hydrogen) atoms. The summed E-state index contributed by atoms with van der Waals surface area (Å²) in [5.41, 5.74) is 2.20. The molecule has 1 aromatic carbocycles. The van der Waals surface area contributed by atoms with E-state index in [1.54, 1.807) is 13.2 Å². The summed E-state index contributed by atoms with van der Waals surface area (Å²) >= 11 is 0. The van der Waals surface area contributed by atoms with E-state index in [2.05, 4.69) is 16.0 Å². The minimum absolute atomic E-state index is 0.0848. The molecule has 6 nitrogen and oxygen atoms in total. The van der Waals surface area contributed by atoms with E-state index in [0.717, 1.165) is 27.7 Å². The predicted molar refractivity (Wildman–Crippen MR) is 112 cm³/mol. The van der Waals surface area contributed by atoms with E-state index in [1.807, 2.05) is 50.2 Å². The number of hydrogen-bond acceptors (Lipinski definition) is 5. The third kappa shape index (κ3) is 4.64. The van der Waals surface area contributed by atoms with Gasteiger partial charge in [-0.2, -0.15) is 5.26 Å². The molecule has 0 bridgehead atoms. The van der Waals surface area contributed by atoms with Crippen LogP contribution in [-0.4, -0.2) is 30.3 Å². The Morgan fingerprint density at radius 1 is 1.21 bits per heavy atom. The highest BCUT2D eigenvalue weighted by Crippen LogP contribution is 2.29.